The summed E-state index contributed by atoms with van der Waals surface area (Å²) in [7, 11) is 0. The van der Waals surface area contributed by atoms with Gasteiger partial charge in [-0.15, -0.1) is 0 Å². The maximum absolute atomic E-state index is 12.4. The SMILES string of the molecule is C[C@@H](C(=O)OCC(=O)NCCC#N)N1C(=O)c2cc(Cl)c(Cl)cc2C1=O. The standard InChI is InChI=1S/C16H13Cl2N3O5/c1-8(16(25)26-7-13(22)20-4-2-3-19)21-14(23)9-5-11(17)12(18)6-10(9)15(21)24/h5-6,8H,2,4,7H2,1H3,(H,20,22)/t8-/m0/s1. The minimum atomic E-state index is -1.24. The van der Waals surface area contributed by atoms with Gasteiger partial charge in [-0.1, -0.05) is 23.2 Å². The summed E-state index contributed by atoms with van der Waals surface area (Å²) in [5.74, 6) is -2.92. The second-order valence-electron chi connectivity index (χ2n) is 5.33. The molecule has 136 valence electrons. The lowest BCUT2D eigenvalue weighted by Gasteiger charge is -2.20. The summed E-state index contributed by atoms with van der Waals surface area (Å²) in [5.41, 5.74) is 0.0802. The number of carbonyl (C=O) groups excluding carboxylic acids is 4. The van der Waals surface area contributed by atoms with Crippen molar-refractivity contribution in [2.75, 3.05) is 13.2 Å². The first-order valence-corrected chi connectivity index (χ1v) is 8.20. The molecule has 1 atom stereocenters. The highest BCUT2D eigenvalue weighted by Gasteiger charge is 2.42. The molecule has 10 heteroatoms. The van der Waals surface area contributed by atoms with E-state index in [9.17, 15) is 19.2 Å². The summed E-state index contributed by atoms with van der Waals surface area (Å²) in [5, 5.41) is 11.0. The van der Waals surface area contributed by atoms with Gasteiger partial charge in [0.25, 0.3) is 17.7 Å². The van der Waals surface area contributed by atoms with Crippen LogP contribution >= 0.6 is 23.2 Å². The van der Waals surface area contributed by atoms with Crippen LogP contribution in [0.1, 0.15) is 34.1 Å². The highest BCUT2D eigenvalue weighted by atomic mass is 35.5. The van der Waals surface area contributed by atoms with Crippen LogP contribution in [-0.2, 0) is 14.3 Å². The molecule has 1 heterocycles. The number of nitriles is 1. The van der Waals surface area contributed by atoms with Crippen molar-refractivity contribution in [1.29, 1.82) is 5.26 Å². The van der Waals surface area contributed by atoms with Crippen molar-refractivity contribution in [3.63, 3.8) is 0 Å². The first kappa shape index (κ1) is 19.7. The fourth-order valence-electron chi connectivity index (χ4n) is 2.28. The number of carbonyl (C=O) groups is 4. The van der Waals surface area contributed by atoms with Crippen molar-refractivity contribution in [1.82, 2.24) is 10.2 Å². The Kier molecular flexibility index (Phi) is 6.18. The van der Waals surface area contributed by atoms with Gasteiger partial charge in [0.05, 0.1) is 33.7 Å². The number of rotatable bonds is 6. The molecule has 0 saturated heterocycles. The predicted octanol–water partition coefficient (Wildman–Crippen LogP) is 1.55. The van der Waals surface area contributed by atoms with E-state index in [1.54, 1.807) is 0 Å². The van der Waals surface area contributed by atoms with Crippen LogP contribution in [0.4, 0.5) is 0 Å². The van der Waals surface area contributed by atoms with E-state index in [0.717, 1.165) is 4.90 Å². The summed E-state index contributed by atoms with van der Waals surface area (Å²) in [4.78, 5) is 49.1. The Hall–Kier alpha value is -2.63. The Balaban J connectivity index is 2.03. The Morgan fingerprint density at radius 1 is 1.23 bits per heavy atom. The minimum absolute atomic E-state index is 0.0401. The number of fused-ring (bicyclic) bond motifs is 1. The fourth-order valence-corrected chi connectivity index (χ4v) is 2.60. The van der Waals surface area contributed by atoms with Crippen molar-refractivity contribution in [3.05, 3.63) is 33.3 Å². The predicted molar refractivity (Wildman–Crippen MR) is 90.6 cm³/mol. The largest absolute Gasteiger partial charge is 0.454 e. The average Bonchev–Trinajstić information content (AvgIpc) is 2.83. The molecule has 8 nitrogen and oxygen atoms in total. The molecule has 1 aromatic carbocycles. The number of nitrogens with zero attached hydrogens (tertiary/aromatic N) is 2. The molecule has 0 radical (unpaired) electrons. The topological polar surface area (TPSA) is 117 Å². The van der Waals surface area contributed by atoms with Crippen molar-refractivity contribution < 1.29 is 23.9 Å². The maximum atomic E-state index is 12.4. The van der Waals surface area contributed by atoms with E-state index in [4.69, 9.17) is 33.2 Å². The molecule has 3 amide bonds. The van der Waals surface area contributed by atoms with E-state index in [1.807, 2.05) is 6.07 Å². The van der Waals surface area contributed by atoms with E-state index >= 15 is 0 Å². The van der Waals surface area contributed by atoms with Gasteiger partial charge in [0, 0.05) is 6.54 Å². The normalized spacial score (nSPS) is 13.8. The lowest BCUT2D eigenvalue weighted by Crippen LogP contribution is -2.44. The Morgan fingerprint density at radius 3 is 2.27 bits per heavy atom. The number of hydrogen-bond acceptors (Lipinski definition) is 6. The zero-order valence-electron chi connectivity index (χ0n) is 13.5. The van der Waals surface area contributed by atoms with Crippen LogP contribution in [0, 0.1) is 11.3 Å². The molecule has 0 saturated carbocycles. The Labute approximate surface area is 158 Å². The highest BCUT2D eigenvalue weighted by molar-refractivity contribution is 6.43. The van der Waals surface area contributed by atoms with Gasteiger partial charge in [-0.2, -0.15) is 5.26 Å². The van der Waals surface area contributed by atoms with Crippen LogP contribution in [-0.4, -0.2) is 47.8 Å². The molecule has 2 rings (SSSR count). The van der Waals surface area contributed by atoms with Gasteiger partial charge in [0.1, 0.15) is 6.04 Å². The van der Waals surface area contributed by atoms with Crippen molar-refractivity contribution in [2.24, 2.45) is 0 Å². The fraction of sp³-hybridized carbons (Fsp3) is 0.312. The third kappa shape index (κ3) is 3.95. The molecule has 0 bridgehead atoms. The van der Waals surface area contributed by atoms with Gasteiger partial charge >= 0.3 is 5.97 Å². The van der Waals surface area contributed by atoms with Gasteiger partial charge in [0.15, 0.2) is 6.61 Å². The zero-order chi connectivity index (χ0) is 19.4. The first-order chi connectivity index (χ1) is 12.3. The van der Waals surface area contributed by atoms with E-state index in [2.05, 4.69) is 5.32 Å². The molecular formula is C16H13Cl2N3O5. The molecule has 1 aliphatic heterocycles. The third-order valence-electron chi connectivity index (χ3n) is 3.59. The van der Waals surface area contributed by atoms with Crippen LogP contribution in [0.15, 0.2) is 12.1 Å². The second kappa shape index (κ2) is 8.17. The summed E-state index contributed by atoms with van der Waals surface area (Å²) in [6, 6.07) is 3.13. The lowest BCUT2D eigenvalue weighted by molar-refractivity contribution is -0.151. The van der Waals surface area contributed by atoms with Gasteiger partial charge in [-0.25, -0.2) is 4.79 Å². The molecule has 1 aromatic rings. The van der Waals surface area contributed by atoms with Gasteiger partial charge in [-0.3, -0.25) is 19.3 Å². The number of imide groups is 1. The van der Waals surface area contributed by atoms with Crippen LogP contribution in [0.2, 0.25) is 10.0 Å². The molecule has 0 aliphatic carbocycles. The van der Waals surface area contributed by atoms with E-state index in [1.165, 1.54) is 19.1 Å². The van der Waals surface area contributed by atoms with Crippen LogP contribution in [0.5, 0.6) is 0 Å². The van der Waals surface area contributed by atoms with E-state index in [0.29, 0.717) is 0 Å². The molecule has 1 N–H and O–H groups in total. The average molecular weight is 398 g/mol. The van der Waals surface area contributed by atoms with Crippen molar-refractivity contribution in [2.45, 2.75) is 19.4 Å². The number of nitrogens with one attached hydrogen (secondary N) is 1. The minimum Gasteiger partial charge on any atom is -0.454 e. The zero-order valence-corrected chi connectivity index (χ0v) is 15.1. The maximum Gasteiger partial charge on any atom is 0.329 e. The van der Waals surface area contributed by atoms with Crippen molar-refractivity contribution >= 4 is 46.9 Å². The number of ether oxygens (including phenoxy) is 1. The molecular weight excluding hydrogens is 385 g/mol. The smallest absolute Gasteiger partial charge is 0.329 e. The summed E-state index contributed by atoms with van der Waals surface area (Å²) in [6.45, 7) is 0.846. The number of amides is 3. The summed E-state index contributed by atoms with van der Waals surface area (Å²) in [6.07, 6.45) is 0.121. The van der Waals surface area contributed by atoms with Gasteiger partial charge < -0.3 is 10.1 Å². The summed E-state index contributed by atoms with van der Waals surface area (Å²) >= 11 is 11.7. The number of hydrogen-bond donors (Lipinski definition) is 1. The monoisotopic (exact) mass is 397 g/mol. The molecule has 0 fully saturated rings. The molecule has 1 aliphatic rings. The molecule has 0 aromatic heterocycles. The Bertz CT molecular complexity index is 793. The number of esters is 1. The molecule has 26 heavy (non-hydrogen) atoms. The molecule has 0 unspecified atom stereocenters. The van der Waals surface area contributed by atoms with Crippen LogP contribution < -0.4 is 5.32 Å². The van der Waals surface area contributed by atoms with Crippen LogP contribution in [0.25, 0.3) is 0 Å². The summed E-state index contributed by atoms with van der Waals surface area (Å²) < 4.78 is 4.82. The van der Waals surface area contributed by atoms with E-state index < -0.39 is 36.3 Å². The quantitative estimate of drug-likeness (QED) is 0.442. The Morgan fingerprint density at radius 2 is 1.77 bits per heavy atom. The highest BCUT2D eigenvalue weighted by Crippen LogP contribution is 2.32. The van der Waals surface area contributed by atoms with Gasteiger partial charge in [0.2, 0.25) is 0 Å². The second-order valence-corrected chi connectivity index (χ2v) is 6.15. The third-order valence-corrected chi connectivity index (χ3v) is 4.31. The van der Waals surface area contributed by atoms with Crippen molar-refractivity contribution in [3.8, 4) is 6.07 Å². The molecule has 0 spiro atoms. The number of benzene rings is 1. The lowest BCUT2D eigenvalue weighted by atomic mass is 10.1. The van der Waals surface area contributed by atoms with Gasteiger partial charge in [-0.05, 0) is 19.1 Å². The van der Waals surface area contributed by atoms with Crippen LogP contribution in [0.3, 0.4) is 0 Å². The van der Waals surface area contributed by atoms with E-state index in [-0.39, 0.29) is 34.1 Å². The number of halogens is 2. The first-order valence-electron chi connectivity index (χ1n) is 7.45.